The van der Waals surface area contributed by atoms with E-state index in [4.69, 9.17) is 15.0 Å². The van der Waals surface area contributed by atoms with Crippen molar-refractivity contribution in [1.29, 1.82) is 0 Å². The molecular weight excluding hydrogens is 673 g/mol. The predicted octanol–water partition coefficient (Wildman–Crippen LogP) is 11.6. The molecule has 11 rings (SSSR count). The second-order valence-corrected chi connectivity index (χ2v) is 14.2. The van der Waals surface area contributed by atoms with Gasteiger partial charge in [-0.05, 0) is 65.4 Å². The number of fused-ring (bicyclic) bond motifs is 7. The molecule has 0 fully saturated rings. The Morgan fingerprint density at radius 3 is 1.87 bits per heavy atom. The van der Waals surface area contributed by atoms with Gasteiger partial charge in [0, 0.05) is 45.4 Å². The van der Waals surface area contributed by atoms with E-state index in [0.717, 1.165) is 33.4 Å². The normalized spacial score (nSPS) is 14.5. The van der Waals surface area contributed by atoms with Crippen LogP contribution in [-0.2, 0) is 0 Å². The third-order valence-corrected chi connectivity index (χ3v) is 11.0. The zero-order valence-electron chi connectivity index (χ0n) is 30.1. The van der Waals surface area contributed by atoms with Crippen molar-refractivity contribution >= 4 is 60.1 Å². The molecule has 10 aromatic rings. The van der Waals surface area contributed by atoms with Crippen molar-refractivity contribution in [3.05, 3.63) is 188 Å². The summed E-state index contributed by atoms with van der Waals surface area (Å²) in [6.07, 6.45) is 6.36. The Morgan fingerprint density at radius 1 is 0.455 bits per heavy atom. The third kappa shape index (κ3) is 4.99. The highest BCUT2D eigenvalue weighted by Gasteiger charge is 2.27. The van der Waals surface area contributed by atoms with E-state index in [-0.39, 0.29) is 6.17 Å². The van der Waals surface area contributed by atoms with E-state index in [1.807, 2.05) is 18.2 Å². The summed E-state index contributed by atoms with van der Waals surface area (Å²) in [5.41, 5.74) is 8.65. The zero-order valence-corrected chi connectivity index (χ0v) is 30.1. The number of hydrogen-bond acceptors (Lipinski definition) is 4. The molecule has 55 heavy (non-hydrogen) atoms. The maximum absolute atomic E-state index is 5.18. The van der Waals surface area contributed by atoms with Gasteiger partial charge in [0.25, 0.3) is 0 Å². The molecule has 1 aliphatic heterocycles. The molecule has 0 spiro atoms. The number of aromatic nitrogens is 5. The van der Waals surface area contributed by atoms with Crippen LogP contribution < -0.4 is 0 Å². The molecule has 1 unspecified atom stereocenters. The molecule has 0 amide bonds. The van der Waals surface area contributed by atoms with E-state index in [0.29, 0.717) is 17.5 Å². The Bertz CT molecular complexity index is 3170. The van der Waals surface area contributed by atoms with Crippen LogP contribution >= 0.6 is 0 Å². The molecule has 4 heterocycles. The first-order valence-electron chi connectivity index (χ1n) is 18.6. The van der Waals surface area contributed by atoms with Gasteiger partial charge in [0.15, 0.2) is 17.5 Å². The lowest BCUT2D eigenvalue weighted by Gasteiger charge is -2.33. The zero-order chi connectivity index (χ0) is 36.5. The van der Waals surface area contributed by atoms with Crippen molar-refractivity contribution in [3.8, 4) is 28.5 Å². The summed E-state index contributed by atoms with van der Waals surface area (Å²) in [7, 11) is 2.14. The lowest BCUT2D eigenvalue weighted by molar-refractivity contribution is 0.329. The van der Waals surface area contributed by atoms with Crippen LogP contribution in [0.3, 0.4) is 0 Å². The number of likely N-dealkylation sites (N-methyl/N-ethyl adjacent to an activating group) is 1. The summed E-state index contributed by atoms with van der Waals surface area (Å²) >= 11 is 0. The van der Waals surface area contributed by atoms with Gasteiger partial charge in [-0.3, -0.25) is 0 Å². The van der Waals surface area contributed by atoms with Gasteiger partial charge >= 0.3 is 0 Å². The fourth-order valence-electron chi connectivity index (χ4n) is 8.39. The Labute approximate surface area is 317 Å². The van der Waals surface area contributed by atoms with Crippen LogP contribution in [-0.4, -0.2) is 36.0 Å². The van der Waals surface area contributed by atoms with E-state index in [1.165, 1.54) is 43.5 Å². The molecule has 7 aromatic carbocycles. The fourth-order valence-corrected chi connectivity index (χ4v) is 8.39. The second kappa shape index (κ2) is 12.4. The number of hydrogen-bond donors (Lipinski definition) is 0. The molecule has 1 aliphatic rings. The van der Waals surface area contributed by atoms with Crippen LogP contribution in [0.25, 0.3) is 88.5 Å². The number of nitrogens with zero attached hydrogens (tertiary/aromatic N) is 6. The highest BCUT2D eigenvalue weighted by atomic mass is 15.3. The van der Waals surface area contributed by atoms with E-state index in [1.54, 1.807) is 0 Å². The number of rotatable bonds is 5. The Balaban J connectivity index is 1.10. The standard InChI is InChI=1S/C49H34N6/c1-53-43(49-51-47(33-16-4-2-5-17-33)50-48(52-49)35-28-27-32-15-8-9-18-34(32)29-35)25-14-26-46(53)55-42-24-13-11-22-38(42)40-30-39-37-21-10-12-23-41(37)54(44(39)31-45(40)55)36-19-6-3-7-20-36/h2-31,46H,1H3. The van der Waals surface area contributed by atoms with E-state index >= 15 is 0 Å². The van der Waals surface area contributed by atoms with Gasteiger partial charge in [0.1, 0.15) is 6.17 Å². The summed E-state index contributed by atoms with van der Waals surface area (Å²) in [6.45, 7) is 0. The van der Waals surface area contributed by atoms with Crippen LogP contribution in [0.5, 0.6) is 0 Å². The van der Waals surface area contributed by atoms with Crippen LogP contribution in [0.15, 0.2) is 182 Å². The summed E-state index contributed by atoms with van der Waals surface area (Å²) in [5, 5.41) is 7.25. The molecule has 1 atom stereocenters. The van der Waals surface area contributed by atoms with Crippen molar-refractivity contribution in [2.24, 2.45) is 0 Å². The first-order valence-corrected chi connectivity index (χ1v) is 18.6. The van der Waals surface area contributed by atoms with Crippen LogP contribution in [0.4, 0.5) is 0 Å². The fraction of sp³-hybridized carbons (Fsp3) is 0.0408. The van der Waals surface area contributed by atoms with E-state index in [9.17, 15) is 0 Å². The Hall–Kier alpha value is -7.31. The average Bonchev–Trinajstić information content (AvgIpc) is 3.75. The summed E-state index contributed by atoms with van der Waals surface area (Å²) in [6, 6.07) is 57.9. The topological polar surface area (TPSA) is 51.8 Å². The minimum Gasteiger partial charge on any atom is -0.348 e. The van der Waals surface area contributed by atoms with E-state index in [2.05, 4.69) is 185 Å². The quantitative estimate of drug-likeness (QED) is 0.179. The van der Waals surface area contributed by atoms with Gasteiger partial charge in [0.2, 0.25) is 0 Å². The Kier molecular flexibility index (Phi) is 7.04. The van der Waals surface area contributed by atoms with Crippen molar-refractivity contribution in [1.82, 2.24) is 29.0 Å². The molecule has 6 heteroatoms. The van der Waals surface area contributed by atoms with Gasteiger partial charge in [-0.2, -0.15) is 0 Å². The van der Waals surface area contributed by atoms with Crippen molar-refractivity contribution in [3.63, 3.8) is 0 Å². The number of benzene rings is 7. The second-order valence-electron chi connectivity index (χ2n) is 14.2. The van der Waals surface area contributed by atoms with Gasteiger partial charge in [-0.15, -0.1) is 0 Å². The maximum Gasteiger partial charge on any atom is 0.180 e. The molecular formula is C49H34N6. The van der Waals surface area contributed by atoms with Crippen LogP contribution in [0, 0.1) is 0 Å². The molecule has 0 aliphatic carbocycles. The van der Waals surface area contributed by atoms with E-state index < -0.39 is 0 Å². The average molecular weight is 707 g/mol. The van der Waals surface area contributed by atoms with Crippen LogP contribution in [0.2, 0.25) is 0 Å². The van der Waals surface area contributed by atoms with Crippen molar-refractivity contribution in [2.45, 2.75) is 6.17 Å². The smallest absolute Gasteiger partial charge is 0.180 e. The van der Waals surface area contributed by atoms with Crippen molar-refractivity contribution < 1.29 is 0 Å². The first kappa shape index (κ1) is 31.2. The molecule has 260 valence electrons. The predicted molar refractivity (Wildman–Crippen MR) is 226 cm³/mol. The van der Waals surface area contributed by atoms with Crippen molar-refractivity contribution in [2.75, 3.05) is 7.05 Å². The lowest BCUT2D eigenvalue weighted by Crippen LogP contribution is -2.29. The highest BCUT2D eigenvalue weighted by Crippen LogP contribution is 2.41. The number of allylic oxidation sites excluding steroid dienone is 2. The highest BCUT2D eigenvalue weighted by molar-refractivity contribution is 6.18. The van der Waals surface area contributed by atoms with Crippen LogP contribution in [0.1, 0.15) is 12.0 Å². The maximum atomic E-state index is 5.18. The lowest BCUT2D eigenvalue weighted by atomic mass is 10.1. The molecule has 0 radical (unpaired) electrons. The molecule has 0 N–H and O–H groups in total. The summed E-state index contributed by atoms with van der Waals surface area (Å²) in [5.74, 6) is 1.91. The monoisotopic (exact) mass is 706 g/mol. The molecule has 3 aromatic heterocycles. The van der Waals surface area contributed by atoms with Gasteiger partial charge < -0.3 is 14.0 Å². The van der Waals surface area contributed by atoms with Gasteiger partial charge in [-0.1, -0.05) is 127 Å². The van der Waals surface area contributed by atoms with Gasteiger partial charge in [0.05, 0.1) is 27.8 Å². The molecule has 6 nitrogen and oxygen atoms in total. The number of para-hydroxylation sites is 3. The third-order valence-electron chi connectivity index (χ3n) is 11.0. The largest absolute Gasteiger partial charge is 0.348 e. The first-order chi connectivity index (χ1) is 27.2. The minimum atomic E-state index is -0.157. The molecule has 0 saturated carbocycles. The SMILES string of the molecule is CN1C(c2nc(-c3ccccc3)nc(-c3ccc4ccccc4c3)n2)=CC=CC1n1c2ccccc2c2cc3c4ccccc4n(-c4ccccc4)c3cc21. The molecule has 0 bridgehead atoms. The van der Waals surface area contributed by atoms with Gasteiger partial charge in [-0.25, -0.2) is 15.0 Å². The summed E-state index contributed by atoms with van der Waals surface area (Å²) < 4.78 is 4.85. The Morgan fingerprint density at radius 2 is 1.07 bits per heavy atom. The summed E-state index contributed by atoms with van der Waals surface area (Å²) in [4.78, 5) is 17.6. The minimum absolute atomic E-state index is 0.157. The molecule has 0 saturated heterocycles.